The zero-order valence-corrected chi connectivity index (χ0v) is 16.2. The van der Waals surface area contributed by atoms with Gasteiger partial charge in [0.15, 0.2) is 0 Å². The Hall–Kier alpha value is -2.15. The third kappa shape index (κ3) is 3.99. The summed E-state index contributed by atoms with van der Waals surface area (Å²) in [7, 11) is 0. The smallest absolute Gasteiger partial charge is 0.256 e. The molecule has 1 aliphatic carbocycles. The van der Waals surface area contributed by atoms with E-state index < -0.39 is 5.82 Å². The fraction of sp³-hybridized carbons (Fsp3) is 0.381. The number of ether oxygens (including phenoxy) is 1. The Morgan fingerprint density at radius 1 is 1.18 bits per heavy atom. The summed E-state index contributed by atoms with van der Waals surface area (Å²) in [5.41, 5.74) is 6.66. The summed E-state index contributed by atoms with van der Waals surface area (Å²) in [5, 5.41) is 9.77. The number of halogens is 2. The van der Waals surface area contributed by atoms with E-state index in [-0.39, 0.29) is 35.9 Å². The van der Waals surface area contributed by atoms with Crippen LogP contribution in [0.3, 0.4) is 0 Å². The lowest BCUT2D eigenvalue weighted by molar-refractivity contribution is -0.00427. The number of amides is 1. The van der Waals surface area contributed by atoms with Gasteiger partial charge in [0.05, 0.1) is 11.7 Å². The molecular formula is C21H24ClFN2O3. The molecule has 2 fully saturated rings. The van der Waals surface area contributed by atoms with Crippen molar-refractivity contribution in [2.75, 3.05) is 19.6 Å². The molecule has 0 unspecified atom stereocenters. The van der Waals surface area contributed by atoms with Gasteiger partial charge in [-0.2, -0.15) is 0 Å². The number of aliphatic hydroxyl groups excluding tert-OH is 1. The average Bonchev–Trinajstić information content (AvgIpc) is 3.02. The van der Waals surface area contributed by atoms with Crippen molar-refractivity contribution in [2.45, 2.75) is 18.9 Å². The molecule has 0 radical (unpaired) electrons. The van der Waals surface area contributed by atoms with E-state index in [1.54, 1.807) is 4.90 Å². The maximum absolute atomic E-state index is 14.3. The number of carbonyl (C=O) groups excluding carboxylic acids is 1. The van der Waals surface area contributed by atoms with Crippen molar-refractivity contribution in [3.05, 3.63) is 59.4 Å². The molecule has 5 nitrogen and oxygen atoms in total. The Morgan fingerprint density at radius 3 is 2.54 bits per heavy atom. The summed E-state index contributed by atoms with van der Waals surface area (Å²) >= 11 is 0. The summed E-state index contributed by atoms with van der Waals surface area (Å²) in [5.74, 6) is 0.571. The second-order valence-electron chi connectivity index (χ2n) is 7.36. The van der Waals surface area contributed by atoms with Crippen LogP contribution in [0.1, 0.15) is 22.3 Å². The van der Waals surface area contributed by atoms with E-state index in [1.165, 1.54) is 18.2 Å². The number of carbonyl (C=O) groups is 1. The van der Waals surface area contributed by atoms with Gasteiger partial charge in [-0.25, -0.2) is 4.39 Å². The summed E-state index contributed by atoms with van der Waals surface area (Å²) in [4.78, 5) is 14.4. The molecule has 1 saturated heterocycles. The summed E-state index contributed by atoms with van der Waals surface area (Å²) in [6.07, 6.45) is 1.18. The zero-order chi connectivity index (χ0) is 19.0. The molecule has 1 amide bonds. The molecule has 2 aromatic rings. The van der Waals surface area contributed by atoms with E-state index in [0.29, 0.717) is 37.1 Å². The van der Waals surface area contributed by atoms with Crippen LogP contribution in [0.5, 0.6) is 11.5 Å². The summed E-state index contributed by atoms with van der Waals surface area (Å²) < 4.78 is 20.1. The molecule has 2 aromatic carbocycles. The largest absolute Gasteiger partial charge is 0.457 e. The van der Waals surface area contributed by atoms with Crippen molar-refractivity contribution < 1.29 is 19.0 Å². The van der Waals surface area contributed by atoms with E-state index >= 15 is 0 Å². The monoisotopic (exact) mass is 406 g/mol. The first kappa shape index (κ1) is 20.6. The molecular weight excluding hydrogens is 383 g/mol. The van der Waals surface area contributed by atoms with Crippen molar-refractivity contribution in [3.63, 3.8) is 0 Å². The minimum absolute atomic E-state index is 0. The molecule has 1 heterocycles. The van der Waals surface area contributed by atoms with Gasteiger partial charge in [-0.15, -0.1) is 12.4 Å². The highest BCUT2D eigenvalue weighted by atomic mass is 35.5. The van der Waals surface area contributed by atoms with E-state index in [1.807, 2.05) is 24.3 Å². The molecule has 0 spiro atoms. The Kier molecular flexibility index (Phi) is 6.23. The summed E-state index contributed by atoms with van der Waals surface area (Å²) in [6.45, 7) is 1.64. The van der Waals surface area contributed by atoms with Crippen LogP contribution in [0.4, 0.5) is 4.39 Å². The van der Waals surface area contributed by atoms with Gasteiger partial charge in [0.25, 0.3) is 5.91 Å². The van der Waals surface area contributed by atoms with Gasteiger partial charge in [0, 0.05) is 19.0 Å². The second-order valence-corrected chi connectivity index (χ2v) is 7.36. The lowest BCUT2D eigenvalue weighted by atomic mass is 9.74. The highest BCUT2D eigenvalue weighted by molar-refractivity contribution is 5.95. The highest BCUT2D eigenvalue weighted by Gasteiger charge is 2.47. The molecule has 28 heavy (non-hydrogen) atoms. The van der Waals surface area contributed by atoms with Gasteiger partial charge < -0.3 is 20.5 Å². The minimum Gasteiger partial charge on any atom is -0.457 e. The third-order valence-electron chi connectivity index (χ3n) is 5.58. The predicted molar refractivity (Wildman–Crippen MR) is 106 cm³/mol. The number of fused-ring (bicyclic) bond motifs is 1. The molecule has 4 rings (SSSR count). The normalized spacial score (nSPS) is 22.8. The van der Waals surface area contributed by atoms with Crippen molar-refractivity contribution >= 4 is 18.3 Å². The van der Waals surface area contributed by atoms with Crippen LogP contribution in [0.15, 0.2) is 42.5 Å². The van der Waals surface area contributed by atoms with E-state index in [0.717, 1.165) is 18.4 Å². The van der Waals surface area contributed by atoms with Crippen LogP contribution < -0.4 is 10.5 Å². The van der Waals surface area contributed by atoms with Gasteiger partial charge in [-0.05, 0) is 61.2 Å². The van der Waals surface area contributed by atoms with E-state index in [9.17, 15) is 14.3 Å². The summed E-state index contributed by atoms with van der Waals surface area (Å²) in [6, 6.07) is 11.7. The number of aliphatic hydroxyl groups is 1. The molecule has 7 heteroatoms. The molecule has 0 bridgehead atoms. The van der Waals surface area contributed by atoms with Crippen LogP contribution in [0.2, 0.25) is 0 Å². The molecule has 3 N–H and O–H groups in total. The van der Waals surface area contributed by atoms with Crippen LogP contribution in [0.25, 0.3) is 0 Å². The molecule has 0 aromatic heterocycles. The fourth-order valence-electron chi connectivity index (χ4n) is 3.97. The first-order valence-electron chi connectivity index (χ1n) is 9.29. The Labute approximate surface area is 169 Å². The topological polar surface area (TPSA) is 75.8 Å². The van der Waals surface area contributed by atoms with Gasteiger partial charge in [0.2, 0.25) is 0 Å². The lowest BCUT2D eigenvalue weighted by Crippen LogP contribution is -2.39. The predicted octanol–water partition coefficient (Wildman–Crippen LogP) is 2.99. The molecule has 1 saturated carbocycles. The first-order valence-corrected chi connectivity index (χ1v) is 9.29. The van der Waals surface area contributed by atoms with E-state index in [4.69, 9.17) is 10.5 Å². The molecule has 150 valence electrons. The Morgan fingerprint density at radius 2 is 1.89 bits per heavy atom. The maximum atomic E-state index is 14.3. The Bertz CT molecular complexity index is 846. The molecule has 3 atom stereocenters. The number of rotatable bonds is 5. The van der Waals surface area contributed by atoms with Gasteiger partial charge >= 0.3 is 0 Å². The number of hydrogen-bond acceptors (Lipinski definition) is 4. The fourth-order valence-corrected chi connectivity index (χ4v) is 3.97. The molecule has 1 aliphatic heterocycles. The van der Waals surface area contributed by atoms with Gasteiger partial charge in [-0.3, -0.25) is 4.79 Å². The number of nitrogens with two attached hydrogens (primary N) is 1. The number of nitrogens with zero attached hydrogens (tertiary/aromatic N) is 1. The number of benzene rings is 2. The van der Waals surface area contributed by atoms with E-state index in [2.05, 4.69) is 0 Å². The molecule has 2 aliphatic rings. The van der Waals surface area contributed by atoms with Crippen molar-refractivity contribution in [1.82, 2.24) is 4.90 Å². The SMILES string of the molecule is Cl.NCCc1ccc(Oc2ccc(F)c(C(=O)N3C[C@@H]4C[C@@H](O)[C@@H]4C3)c2)cc1. The van der Waals surface area contributed by atoms with Crippen LogP contribution in [-0.2, 0) is 6.42 Å². The first-order chi connectivity index (χ1) is 13.0. The zero-order valence-electron chi connectivity index (χ0n) is 15.4. The third-order valence-corrected chi connectivity index (χ3v) is 5.58. The quantitative estimate of drug-likeness (QED) is 0.800. The minimum atomic E-state index is -0.564. The number of likely N-dealkylation sites (tertiary alicyclic amines) is 1. The van der Waals surface area contributed by atoms with Crippen LogP contribution in [0, 0.1) is 17.7 Å². The maximum Gasteiger partial charge on any atom is 0.256 e. The Balaban J connectivity index is 0.00000225. The van der Waals surface area contributed by atoms with Gasteiger partial charge in [-0.1, -0.05) is 12.1 Å². The standard InChI is InChI=1S/C21H23FN2O3.ClH/c22-19-6-5-16(27-15-3-1-13(2-4-15)7-8-23)10-17(19)21(26)24-11-14-9-20(25)18(14)12-24;/h1-6,10,14,18,20,25H,7-9,11-12,23H2;1H/t14-,18+,20+;/m0./s1. The van der Waals surface area contributed by atoms with Crippen LogP contribution in [-0.4, -0.2) is 41.7 Å². The van der Waals surface area contributed by atoms with Gasteiger partial charge in [0.1, 0.15) is 17.3 Å². The highest BCUT2D eigenvalue weighted by Crippen LogP contribution is 2.41. The average molecular weight is 407 g/mol. The lowest BCUT2D eigenvalue weighted by Gasteiger charge is -2.34. The van der Waals surface area contributed by atoms with Crippen LogP contribution >= 0.6 is 12.4 Å². The second kappa shape index (κ2) is 8.47. The van der Waals surface area contributed by atoms with Crippen molar-refractivity contribution in [1.29, 1.82) is 0 Å². The number of hydrogen-bond donors (Lipinski definition) is 2. The van der Waals surface area contributed by atoms with Crippen molar-refractivity contribution in [3.8, 4) is 11.5 Å². The van der Waals surface area contributed by atoms with Crippen molar-refractivity contribution in [2.24, 2.45) is 17.6 Å².